The lowest BCUT2D eigenvalue weighted by Gasteiger charge is -2.17. The number of rotatable bonds is 4. The number of esters is 1. The number of benzene rings is 1. The van der Waals surface area contributed by atoms with Crippen LogP contribution in [-0.4, -0.2) is 12.6 Å². The van der Waals surface area contributed by atoms with Gasteiger partial charge in [-0.05, 0) is 25.0 Å². The predicted octanol–water partition coefficient (Wildman–Crippen LogP) is 2.49. The number of alkyl halides is 2. The van der Waals surface area contributed by atoms with Crippen molar-refractivity contribution in [2.75, 3.05) is 12.3 Å². The maximum atomic E-state index is 13.7. The Kier molecular flexibility index (Phi) is 4.04. The van der Waals surface area contributed by atoms with Gasteiger partial charge in [0.1, 0.15) is 0 Å². The zero-order valence-corrected chi connectivity index (χ0v) is 9.80. The fraction of sp³-hybridized carbons (Fsp3) is 0.417. The van der Waals surface area contributed by atoms with Crippen LogP contribution in [-0.2, 0) is 21.9 Å². The van der Waals surface area contributed by atoms with E-state index < -0.39 is 17.5 Å². The van der Waals surface area contributed by atoms with E-state index in [0.717, 1.165) is 5.56 Å². The van der Waals surface area contributed by atoms with Gasteiger partial charge in [-0.3, -0.25) is 0 Å². The summed E-state index contributed by atoms with van der Waals surface area (Å²) in [4.78, 5) is 11.1. The second kappa shape index (κ2) is 5.12. The lowest BCUT2D eigenvalue weighted by molar-refractivity contribution is -0.173. The van der Waals surface area contributed by atoms with Crippen LogP contribution in [0.5, 0.6) is 0 Å². The number of nitrogen functional groups attached to an aromatic ring is 1. The molecule has 0 spiro atoms. The van der Waals surface area contributed by atoms with E-state index in [1.807, 2.05) is 6.92 Å². The third-order valence-corrected chi connectivity index (χ3v) is 2.39. The summed E-state index contributed by atoms with van der Waals surface area (Å²) in [6, 6.07) is 4.15. The van der Waals surface area contributed by atoms with Crippen LogP contribution in [0.3, 0.4) is 0 Å². The molecule has 0 aromatic heterocycles. The summed E-state index contributed by atoms with van der Waals surface area (Å²) >= 11 is 0. The Morgan fingerprint density at radius 1 is 1.41 bits per heavy atom. The molecule has 3 nitrogen and oxygen atoms in total. The topological polar surface area (TPSA) is 52.3 Å². The first-order valence-corrected chi connectivity index (χ1v) is 5.37. The lowest BCUT2D eigenvalue weighted by Crippen LogP contribution is -2.29. The molecule has 0 saturated heterocycles. The Morgan fingerprint density at radius 3 is 2.53 bits per heavy atom. The largest absolute Gasteiger partial charge is 0.461 e. The van der Waals surface area contributed by atoms with Crippen LogP contribution in [0.25, 0.3) is 0 Å². The molecule has 0 unspecified atom stereocenters. The Labute approximate surface area is 98.6 Å². The molecular formula is C12H15F2NO2. The highest BCUT2D eigenvalue weighted by atomic mass is 19.3. The van der Waals surface area contributed by atoms with E-state index in [2.05, 4.69) is 4.74 Å². The number of hydrogen-bond acceptors (Lipinski definition) is 3. The molecule has 1 rings (SSSR count). The van der Waals surface area contributed by atoms with Crippen LogP contribution < -0.4 is 5.73 Å². The summed E-state index contributed by atoms with van der Waals surface area (Å²) in [7, 11) is 0. The van der Waals surface area contributed by atoms with Gasteiger partial charge in [0.05, 0.1) is 12.2 Å². The number of aryl methyl sites for hydroxylation is 1. The van der Waals surface area contributed by atoms with Gasteiger partial charge in [-0.1, -0.05) is 19.1 Å². The van der Waals surface area contributed by atoms with Gasteiger partial charge in [0, 0.05) is 5.69 Å². The number of halogens is 2. The van der Waals surface area contributed by atoms with E-state index in [0.29, 0.717) is 6.42 Å². The standard InChI is InChI=1S/C12H15F2NO2/c1-3-8-5-6-9(10(15)7-8)12(13,14)11(16)17-4-2/h5-7H,3-4,15H2,1-2H3. The number of anilines is 1. The maximum absolute atomic E-state index is 13.7. The minimum atomic E-state index is -3.70. The molecule has 0 heterocycles. The van der Waals surface area contributed by atoms with Crippen molar-refractivity contribution < 1.29 is 18.3 Å². The van der Waals surface area contributed by atoms with Crippen molar-refractivity contribution in [2.24, 2.45) is 0 Å². The quantitative estimate of drug-likeness (QED) is 0.653. The predicted molar refractivity (Wildman–Crippen MR) is 60.8 cm³/mol. The number of carbonyl (C=O) groups is 1. The number of hydrogen-bond donors (Lipinski definition) is 1. The summed E-state index contributed by atoms with van der Waals surface area (Å²) in [6.07, 6.45) is 0.690. The van der Waals surface area contributed by atoms with E-state index in [1.54, 1.807) is 0 Å². The van der Waals surface area contributed by atoms with E-state index >= 15 is 0 Å². The molecule has 0 amide bonds. The average molecular weight is 243 g/mol. The summed E-state index contributed by atoms with van der Waals surface area (Å²) in [6.45, 7) is 3.26. The van der Waals surface area contributed by atoms with Crippen LogP contribution in [0, 0.1) is 0 Å². The fourth-order valence-corrected chi connectivity index (χ4v) is 1.45. The van der Waals surface area contributed by atoms with Gasteiger partial charge in [0.25, 0.3) is 0 Å². The van der Waals surface area contributed by atoms with Crippen molar-refractivity contribution >= 4 is 11.7 Å². The van der Waals surface area contributed by atoms with Crippen LogP contribution in [0.2, 0.25) is 0 Å². The Balaban J connectivity index is 3.10. The molecule has 0 bridgehead atoms. The highest BCUT2D eigenvalue weighted by Crippen LogP contribution is 2.34. The smallest absolute Gasteiger partial charge is 0.382 e. The summed E-state index contributed by atoms with van der Waals surface area (Å²) in [5, 5.41) is 0. The lowest BCUT2D eigenvalue weighted by atomic mass is 10.0. The molecule has 0 saturated carbocycles. The number of carbonyl (C=O) groups excluding carboxylic acids is 1. The minimum Gasteiger partial charge on any atom is -0.461 e. The second-order valence-electron chi connectivity index (χ2n) is 3.57. The van der Waals surface area contributed by atoms with Crippen LogP contribution in [0.1, 0.15) is 25.0 Å². The van der Waals surface area contributed by atoms with Gasteiger partial charge >= 0.3 is 11.9 Å². The summed E-state index contributed by atoms with van der Waals surface area (Å²) in [5.74, 6) is -5.28. The Hall–Kier alpha value is -1.65. The molecule has 0 atom stereocenters. The minimum absolute atomic E-state index is 0.0950. The van der Waals surface area contributed by atoms with E-state index in [4.69, 9.17) is 5.73 Å². The molecule has 0 aliphatic rings. The summed E-state index contributed by atoms with van der Waals surface area (Å²) < 4.78 is 31.7. The van der Waals surface area contributed by atoms with Gasteiger partial charge in [-0.15, -0.1) is 0 Å². The third-order valence-electron chi connectivity index (χ3n) is 2.39. The van der Waals surface area contributed by atoms with Crippen LogP contribution in [0.4, 0.5) is 14.5 Å². The zero-order chi connectivity index (χ0) is 13.1. The molecule has 0 aliphatic heterocycles. The van der Waals surface area contributed by atoms with Gasteiger partial charge in [0.15, 0.2) is 0 Å². The Morgan fingerprint density at radius 2 is 2.06 bits per heavy atom. The molecule has 1 aromatic rings. The van der Waals surface area contributed by atoms with Crippen molar-refractivity contribution in [3.63, 3.8) is 0 Å². The van der Waals surface area contributed by atoms with Crippen molar-refractivity contribution in [1.29, 1.82) is 0 Å². The number of nitrogens with two attached hydrogens (primary N) is 1. The molecule has 1 aromatic carbocycles. The number of ether oxygens (including phenoxy) is 1. The van der Waals surface area contributed by atoms with Crippen LogP contribution in [0.15, 0.2) is 18.2 Å². The average Bonchev–Trinajstić information content (AvgIpc) is 2.28. The maximum Gasteiger partial charge on any atom is 0.382 e. The highest BCUT2D eigenvalue weighted by molar-refractivity contribution is 5.81. The Bertz CT molecular complexity index is 419. The SMILES string of the molecule is CCOC(=O)C(F)(F)c1ccc(CC)cc1N. The molecule has 0 aliphatic carbocycles. The van der Waals surface area contributed by atoms with Crippen molar-refractivity contribution in [1.82, 2.24) is 0 Å². The molecule has 17 heavy (non-hydrogen) atoms. The van der Waals surface area contributed by atoms with Crippen molar-refractivity contribution in [3.8, 4) is 0 Å². The molecule has 0 radical (unpaired) electrons. The fourth-order valence-electron chi connectivity index (χ4n) is 1.45. The molecule has 0 fully saturated rings. The molecular weight excluding hydrogens is 228 g/mol. The normalized spacial score (nSPS) is 11.3. The first kappa shape index (κ1) is 13.4. The van der Waals surface area contributed by atoms with Crippen molar-refractivity contribution in [2.45, 2.75) is 26.2 Å². The molecule has 94 valence electrons. The zero-order valence-electron chi connectivity index (χ0n) is 9.80. The van der Waals surface area contributed by atoms with E-state index in [1.165, 1.54) is 25.1 Å². The monoisotopic (exact) mass is 243 g/mol. The van der Waals surface area contributed by atoms with Crippen LogP contribution >= 0.6 is 0 Å². The van der Waals surface area contributed by atoms with Gasteiger partial charge in [0.2, 0.25) is 0 Å². The van der Waals surface area contributed by atoms with Gasteiger partial charge in [-0.2, -0.15) is 8.78 Å². The van der Waals surface area contributed by atoms with Gasteiger partial charge < -0.3 is 10.5 Å². The van der Waals surface area contributed by atoms with Crippen molar-refractivity contribution in [3.05, 3.63) is 29.3 Å². The molecule has 5 heteroatoms. The highest BCUT2D eigenvalue weighted by Gasteiger charge is 2.44. The first-order valence-electron chi connectivity index (χ1n) is 5.37. The first-order chi connectivity index (χ1) is 7.93. The van der Waals surface area contributed by atoms with E-state index in [-0.39, 0.29) is 12.3 Å². The second-order valence-corrected chi connectivity index (χ2v) is 3.57. The third kappa shape index (κ3) is 2.72. The molecule has 2 N–H and O–H groups in total. The summed E-state index contributed by atoms with van der Waals surface area (Å²) in [5.41, 5.74) is 5.77. The van der Waals surface area contributed by atoms with Gasteiger partial charge in [-0.25, -0.2) is 4.79 Å². The van der Waals surface area contributed by atoms with E-state index in [9.17, 15) is 13.6 Å².